The number of aryl methyl sites for hydroxylation is 1. The number of rotatable bonds is 2. The molecular formula is C17H22N2O. The monoisotopic (exact) mass is 270 g/mol. The number of fused-ring (bicyclic) bond motifs is 1. The van der Waals surface area contributed by atoms with Gasteiger partial charge in [-0.05, 0) is 23.9 Å². The second-order valence-corrected chi connectivity index (χ2v) is 6.11. The molecule has 1 aromatic carbocycles. The quantitative estimate of drug-likeness (QED) is 0.823. The van der Waals surface area contributed by atoms with Gasteiger partial charge in [-0.25, -0.2) is 0 Å². The van der Waals surface area contributed by atoms with Gasteiger partial charge in [0.1, 0.15) is 0 Å². The minimum atomic E-state index is 0.0984. The standard InChI is InChI=1S/C17H22N2O/c1-12(2)17(20)19-9-8-14(11-19)16-10-13-6-4-5-7-15(13)18(16)3/h4-7,10,12,14H,8-9,11H2,1-3H3. The summed E-state index contributed by atoms with van der Waals surface area (Å²) in [5.74, 6) is 0.850. The summed E-state index contributed by atoms with van der Waals surface area (Å²) in [7, 11) is 2.13. The van der Waals surface area contributed by atoms with E-state index in [4.69, 9.17) is 0 Å². The lowest BCUT2D eigenvalue weighted by atomic mass is 10.0. The van der Waals surface area contributed by atoms with Crippen molar-refractivity contribution < 1.29 is 4.79 Å². The van der Waals surface area contributed by atoms with E-state index < -0.39 is 0 Å². The van der Waals surface area contributed by atoms with E-state index in [0.717, 1.165) is 19.5 Å². The molecule has 1 amide bonds. The third-order valence-corrected chi connectivity index (χ3v) is 4.40. The zero-order valence-corrected chi connectivity index (χ0v) is 12.5. The van der Waals surface area contributed by atoms with Crippen LogP contribution in [0.5, 0.6) is 0 Å². The van der Waals surface area contributed by atoms with E-state index in [9.17, 15) is 4.79 Å². The number of hydrogen-bond acceptors (Lipinski definition) is 1. The number of carbonyl (C=O) groups is 1. The number of likely N-dealkylation sites (tertiary alicyclic amines) is 1. The molecule has 106 valence electrons. The highest BCUT2D eigenvalue weighted by atomic mass is 16.2. The van der Waals surface area contributed by atoms with Crippen molar-refractivity contribution in [2.45, 2.75) is 26.2 Å². The summed E-state index contributed by atoms with van der Waals surface area (Å²) in [6.45, 7) is 5.71. The van der Waals surface area contributed by atoms with Gasteiger partial charge in [0.25, 0.3) is 0 Å². The maximum atomic E-state index is 12.1. The van der Waals surface area contributed by atoms with Gasteiger partial charge in [-0.1, -0.05) is 32.0 Å². The number of para-hydroxylation sites is 1. The van der Waals surface area contributed by atoms with Crippen LogP contribution in [0.2, 0.25) is 0 Å². The van der Waals surface area contributed by atoms with Crippen LogP contribution in [0, 0.1) is 5.92 Å². The molecule has 1 atom stereocenters. The van der Waals surface area contributed by atoms with E-state index >= 15 is 0 Å². The van der Waals surface area contributed by atoms with Crippen molar-refractivity contribution in [3.8, 4) is 0 Å². The molecular weight excluding hydrogens is 248 g/mol. The Morgan fingerprint density at radius 3 is 2.75 bits per heavy atom. The third kappa shape index (κ3) is 2.11. The van der Waals surface area contributed by atoms with Gasteiger partial charge in [0, 0.05) is 43.2 Å². The summed E-state index contributed by atoms with van der Waals surface area (Å²) in [6.07, 6.45) is 1.07. The van der Waals surface area contributed by atoms with Gasteiger partial charge in [-0.2, -0.15) is 0 Å². The van der Waals surface area contributed by atoms with E-state index in [1.165, 1.54) is 16.6 Å². The highest BCUT2D eigenvalue weighted by molar-refractivity contribution is 5.82. The van der Waals surface area contributed by atoms with Crippen LogP contribution in [-0.2, 0) is 11.8 Å². The molecule has 1 saturated heterocycles. The average Bonchev–Trinajstić information content (AvgIpc) is 3.03. The van der Waals surface area contributed by atoms with E-state index in [2.05, 4.69) is 41.9 Å². The number of amides is 1. The van der Waals surface area contributed by atoms with Crippen molar-refractivity contribution in [1.29, 1.82) is 0 Å². The Balaban J connectivity index is 1.86. The Kier molecular flexibility index (Phi) is 3.28. The molecule has 1 aromatic heterocycles. The van der Waals surface area contributed by atoms with Gasteiger partial charge in [-0.3, -0.25) is 4.79 Å². The van der Waals surface area contributed by atoms with Gasteiger partial charge in [0.2, 0.25) is 5.91 Å². The zero-order chi connectivity index (χ0) is 14.3. The molecule has 3 rings (SSSR count). The average molecular weight is 270 g/mol. The number of nitrogens with zero attached hydrogens (tertiary/aromatic N) is 2. The maximum absolute atomic E-state index is 12.1. The summed E-state index contributed by atoms with van der Waals surface area (Å²) >= 11 is 0. The largest absolute Gasteiger partial charge is 0.347 e. The summed E-state index contributed by atoms with van der Waals surface area (Å²) in [5.41, 5.74) is 2.63. The third-order valence-electron chi connectivity index (χ3n) is 4.40. The lowest BCUT2D eigenvalue weighted by Gasteiger charge is -2.19. The normalized spacial score (nSPS) is 19.2. The molecule has 0 saturated carbocycles. The fourth-order valence-electron chi connectivity index (χ4n) is 3.27. The number of hydrogen-bond donors (Lipinski definition) is 0. The van der Waals surface area contributed by atoms with Crippen LogP contribution in [0.3, 0.4) is 0 Å². The Morgan fingerprint density at radius 1 is 1.30 bits per heavy atom. The lowest BCUT2D eigenvalue weighted by molar-refractivity contribution is -0.133. The van der Waals surface area contributed by atoms with Crippen molar-refractivity contribution in [3.63, 3.8) is 0 Å². The molecule has 2 heterocycles. The minimum Gasteiger partial charge on any atom is -0.347 e. The first-order chi connectivity index (χ1) is 9.58. The maximum Gasteiger partial charge on any atom is 0.225 e. The van der Waals surface area contributed by atoms with Gasteiger partial charge in [-0.15, -0.1) is 0 Å². The molecule has 1 fully saturated rings. The van der Waals surface area contributed by atoms with Crippen molar-refractivity contribution in [1.82, 2.24) is 9.47 Å². The molecule has 0 radical (unpaired) electrons. The van der Waals surface area contributed by atoms with Crippen LogP contribution in [0.15, 0.2) is 30.3 Å². The van der Waals surface area contributed by atoms with E-state index in [-0.39, 0.29) is 11.8 Å². The van der Waals surface area contributed by atoms with Gasteiger partial charge in [0.05, 0.1) is 0 Å². The Morgan fingerprint density at radius 2 is 2.05 bits per heavy atom. The van der Waals surface area contributed by atoms with Crippen molar-refractivity contribution in [2.75, 3.05) is 13.1 Å². The fraction of sp³-hybridized carbons (Fsp3) is 0.471. The summed E-state index contributed by atoms with van der Waals surface area (Å²) in [4.78, 5) is 14.1. The van der Waals surface area contributed by atoms with Gasteiger partial charge in [0.15, 0.2) is 0 Å². The molecule has 1 aliphatic rings. The topological polar surface area (TPSA) is 25.2 Å². The highest BCUT2D eigenvalue weighted by Gasteiger charge is 2.30. The Hall–Kier alpha value is -1.77. The van der Waals surface area contributed by atoms with Crippen LogP contribution < -0.4 is 0 Å². The van der Waals surface area contributed by atoms with E-state index in [1.807, 2.05) is 18.7 Å². The Bertz CT molecular complexity index is 641. The first kappa shape index (κ1) is 13.2. The molecule has 0 bridgehead atoms. The molecule has 0 aliphatic carbocycles. The fourth-order valence-corrected chi connectivity index (χ4v) is 3.27. The van der Waals surface area contributed by atoms with Gasteiger partial charge < -0.3 is 9.47 Å². The summed E-state index contributed by atoms with van der Waals surface area (Å²) in [6, 6.07) is 10.8. The molecule has 1 aliphatic heterocycles. The SMILES string of the molecule is CC(C)C(=O)N1CCC(c2cc3ccccc3n2C)C1. The van der Waals surface area contributed by atoms with Crippen molar-refractivity contribution in [3.05, 3.63) is 36.0 Å². The number of benzene rings is 1. The first-order valence-corrected chi connectivity index (χ1v) is 7.41. The Labute approximate surface area is 120 Å². The second kappa shape index (κ2) is 4.97. The zero-order valence-electron chi connectivity index (χ0n) is 12.5. The molecule has 1 unspecified atom stereocenters. The van der Waals surface area contributed by atoms with Crippen LogP contribution in [0.4, 0.5) is 0 Å². The molecule has 3 heteroatoms. The molecule has 3 nitrogen and oxygen atoms in total. The summed E-state index contributed by atoms with van der Waals surface area (Å²) < 4.78 is 2.28. The van der Waals surface area contributed by atoms with E-state index in [1.54, 1.807) is 0 Å². The van der Waals surface area contributed by atoms with Crippen molar-refractivity contribution >= 4 is 16.8 Å². The van der Waals surface area contributed by atoms with Gasteiger partial charge >= 0.3 is 0 Å². The van der Waals surface area contributed by atoms with Crippen LogP contribution in [0.25, 0.3) is 10.9 Å². The van der Waals surface area contributed by atoms with Crippen molar-refractivity contribution in [2.24, 2.45) is 13.0 Å². The predicted octanol–water partition coefficient (Wildman–Crippen LogP) is 3.15. The minimum absolute atomic E-state index is 0.0984. The van der Waals surface area contributed by atoms with Crippen LogP contribution in [-0.4, -0.2) is 28.5 Å². The predicted molar refractivity (Wildman–Crippen MR) is 81.7 cm³/mol. The van der Waals surface area contributed by atoms with E-state index in [0.29, 0.717) is 5.92 Å². The smallest absolute Gasteiger partial charge is 0.225 e. The molecule has 20 heavy (non-hydrogen) atoms. The molecule has 2 aromatic rings. The van der Waals surface area contributed by atoms with Crippen LogP contribution in [0.1, 0.15) is 31.9 Å². The molecule has 0 N–H and O–H groups in total. The lowest BCUT2D eigenvalue weighted by Crippen LogP contribution is -2.32. The first-order valence-electron chi connectivity index (χ1n) is 7.41. The molecule has 0 spiro atoms. The number of aromatic nitrogens is 1. The van der Waals surface area contributed by atoms with Crippen LogP contribution >= 0.6 is 0 Å². The highest BCUT2D eigenvalue weighted by Crippen LogP contribution is 2.31. The second-order valence-electron chi connectivity index (χ2n) is 6.11. The summed E-state index contributed by atoms with van der Waals surface area (Å²) in [5, 5.41) is 1.29. The number of carbonyl (C=O) groups excluding carboxylic acids is 1.